The maximum Gasteiger partial charge on any atom is 0.279 e. The number of nitrogens with one attached hydrogen (secondary N) is 1. The van der Waals surface area contributed by atoms with Gasteiger partial charge in [0, 0.05) is 11.8 Å². The molecule has 2 aromatic carbocycles. The number of nitrogens with zero attached hydrogens (tertiary/aromatic N) is 3. The first kappa shape index (κ1) is 20.4. The number of rotatable bonds is 7. The van der Waals surface area contributed by atoms with Crippen LogP contribution in [-0.4, -0.2) is 20.8 Å². The maximum absolute atomic E-state index is 12.8. The molecule has 0 saturated carbocycles. The van der Waals surface area contributed by atoms with Crippen LogP contribution in [0.4, 0.5) is 5.82 Å². The highest BCUT2D eigenvalue weighted by molar-refractivity contribution is 6.03. The number of hydrogen-bond donors (Lipinski definition) is 1. The Morgan fingerprint density at radius 3 is 2.65 bits per heavy atom. The van der Waals surface area contributed by atoms with Gasteiger partial charge in [-0.25, -0.2) is 0 Å². The largest absolute Gasteiger partial charge is 0.489 e. The summed E-state index contributed by atoms with van der Waals surface area (Å²) in [6.07, 6.45) is 0. The van der Waals surface area contributed by atoms with E-state index >= 15 is 0 Å². The first-order valence-electron chi connectivity index (χ1n) is 10.0. The van der Waals surface area contributed by atoms with Crippen molar-refractivity contribution in [3.05, 3.63) is 94.5 Å². The van der Waals surface area contributed by atoms with Gasteiger partial charge in [-0.15, -0.1) is 0 Å². The molecular formula is C24H24N4O3. The highest BCUT2D eigenvalue weighted by Crippen LogP contribution is 2.19. The molecule has 2 aromatic heterocycles. The topological polar surface area (TPSA) is 82.2 Å². The smallest absolute Gasteiger partial charge is 0.279 e. The molecule has 0 radical (unpaired) electrons. The summed E-state index contributed by atoms with van der Waals surface area (Å²) in [7, 11) is 0. The van der Waals surface area contributed by atoms with Crippen molar-refractivity contribution in [1.82, 2.24) is 14.9 Å². The van der Waals surface area contributed by atoms with Gasteiger partial charge >= 0.3 is 0 Å². The number of amides is 1. The molecule has 7 nitrogen and oxygen atoms in total. The molecule has 1 N–H and O–H groups in total. The molecule has 0 fully saturated rings. The van der Waals surface area contributed by atoms with Gasteiger partial charge in [0.15, 0.2) is 11.5 Å². The van der Waals surface area contributed by atoms with Gasteiger partial charge in [-0.05, 0) is 38.5 Å². The van der Waals surface area contributed by atoms with Gasteiger partial charge < -0.3 is 14.6 Å². The van der Waals surface area contributed by atoms with Crippen molar-refractivity contribution in [3.8, 4) is 5.75 Å². The zero-order chi connectivity index (χ0) is 21.8. The lowest BCUT2D eigenvalue weighted by Crippen LogP contribution is -2.16. The average Bonchev–Trinajstić information content (AvgIpc) is 3.29. The van der Waals surface area contributed by atoms with Gasteiger partial charge in [0.05, 0.1) is 12.1 Å². The van der Waals surface area contributed by atoms with Gasteiger partial charge in [0.25, 0.3) is 5.91 Å². The van der Waals surface area contributed by atoms with Crippen molar-refractivity contribution in [2.45, 2.75) is 33.9 Å². The van der Waals surface area contributed by atoms with Crippen molar-refractivity contribution < 1.29 is 14.1 Å². The lowest BCUT2D eigenvalue weighted by molar-refractivity contribution is 0.101. The van der Waals surface area contributed by atoms with Crippen molar-refractivity contribution in [3.63, 3.8) is 0 Å². The molecule has 2 heterocycles. The Kier molecular flexibility index (Phi) is 5.84. The average molecular weight is 416 g/mol. The van der Waals surface area contributed by atoms with E-state index in [0.717, 1.165) is 11.3 Å². The SMILES string of the molecule is Cc1cccc(Cn2nc(NC(=O)c3noc(C)c3COc3ccccc3)cc2C)c1. The molecule has 0 bridgehead atoms. The molecule has 4 aromatic rings. The van der Waals surface area contributed by atoms with E-state index in [9.17, 15) is 4.79 Å². The van der Waals surface area contributed by atoms with Crippen molar-refractivity contribution >= 4 is 11.7 Å². The van der Waals surface area contributed by atoms with Crippen LogP contribution < -0.4 is 10.1 Å². The minimum absolute atomic E-state index is 0.183. The predicted octanol–water partition coefficient (Wildman–Crippen LogP) is 4.68. The van der Waals surface area contributed by atoms with E-state index in [2.05, 4.69) is 40.7 Å². The zero-order valence-electron chi connectivity index (χ0n) is 17.8. The number of anilines is 1. The van der Waals surface area contributed by atoms with Crippen LogP contribution >= 0.6 is 0 Å². The van der Waals surface area contributed by atoms with Crippen LogP contribution in [0.1, 0.15) is 38.6 Å². The molecule has 0 spiro atoms. The quantitative estimate of drug-likeness (QED) is 0.473. The third-order valence-electron chi connectivity index (χ3n) is 4.96. The van der Waals surface area contributed by atoms with Crippen LogP contribution in [0.5, 0.6) is 5.75 Å². The second-order valence-electron chi connectivity index (χ2n) is 7.44. The van der Waals surface area contributed by atoms with Gasteiger partial charge in [-0.2, -0.15) is 5.10 Å². The molecule has 0 atom stereocenters. The number of hydrogen-bond acceptors (Lipinski definition) is 5. The minimum Gasteiger partial charge on any atom is -0.489 e. The summed E-state index contributed by atoms with van der Waals surface area (Å²) in [6.45, 7) is 6.58. The van der Waals surface area contributed by atoms with Gasteiger partial charge in [-0.3, -0.25) is 9.48 Å². The molecule has 0 aliphatic carbocycles. The van der Waals surface area contributed by atoms with E-state index in [-0.39, 0.29) is 18.2 Å². The summed E-state index contributed by atoms with van der Waals surface area (Å²) in [4.78, 5) is 12.8. The summed E-state index contributed by atoms with van der Waals surface area (Å²) >= 11 is 0. The highest BCUT2D eigenvalue weighted by atomic mass is 16.5. The van der Waals surface area contributed by atoms with E-state index in [1.54, 1.807) is 6.92 Å². The number of carbonyl (C=O) groups excluding carboxylic acids is 1. The van der Waals surface area contributed by atoms with E-state index in [1.807, 2.05) is 54.1 Å². The Labute approximate surface area is 180 Å². The van der Waals surface area contributed by atoms with Crippen LogP contribution in [0.15, 0.2) is 65.2 Å². The summed E-state index contributed by atoms with van der Waals surface area (Å²) < 4.78 is 12.9. The summed E-state index contributed by atoms with van der Waals surface area (Å²) in [6, 6.07) is 19.5. The molecule has 0 unspecified atom stereocenters. The highest BCUT2D eigenvalue weighted by Gasteiger charge is 2.21. The van der Waals surface area contributed by atoms with Crippen LogP contribution in [0.2, 0.25) is 0 Å². The molecule has 158 valence electrons. The van der Waals surface area contributed by atoms with Crippen molar-refractivity contribution in [2.24, 2.45) is 0 Å². The van der Waals surface area contributed by atoms with Crippen molar-refractivity contribution in [2.75, 3.05) is 5.32 Å². The molecule has 0 saturated heterocycles. The van der Waals surface area contributed by atoms with E-state index in [4.69, 9.17) is 9.26 Å². The lowest BCUT2D eigenvalue weighted by Gasteiger charge is -2.06. The fourth-order valence-electron chi connectivity index (χ4n) is 3.30. The standard InChI is InChI=1S/C24H24N4O3/c1-16-8-7-9-19(12-16)14-28-17(2)13-22(26-28)25-24(29)23-21(18(3)31-27-23)15-30-20-10-5-4-6-11-20/h4-13H,14-15H2,1-3H3,(H,25,26,29). The molecule has 0 aliphatic heterocycles. The monoisotopic (exact) mass is 416 g/mol. The summed E-state index contributed by atoms with van der Waals surface area (Å²) in [5.74, 6) is 1.33. The molecule has 4 rings (SSSR count). The number of carbonyl (C=O) groups is 1. The third kappa shape index (κ3) is 4.83. The van der Waals surface area contributed by atoms with Crippen LogP contribution in [0, 0.1) is 20.8 Å². The Morgan fingerprint density at radius 2 is 1.87 bits per heavy atom. The Balaban J connectivity index is 1.46. The maximum atomic E-state index is 12.8. The molecule has 7 heteroatoms. The second kappa shape index (κ2) is 8.87. The zero-order valence-corrected chi connectivity index (χ0v) is 17.8. The van der Waals surface area contributed by atoms with Gasteiger partial charge in [0.2, 0.25) is 0 Å². The summed E-state index contributed by atoms with van der Waals surface area (Å²) in [5, 5.41) is 11.3. The van der Waals surface area contributed by atoms with Gasteiger partial charge in [-0.1, -0.05) is 53.2 Å². The second-order valence-corrected chi connectivity index (χ2v) is 7.44. The normalized spacial score (nSPS) is 10.8. The molecule has 1 amide bonds. The van der Waals surface area contributed by atoms with Gasteiger partial charge in [0.1, 0.15) is 18.1 Å². The first-order chi connectivity index (χ1) is 15.0. The fourth-order valence-corrected chi connectivity index (χ4v) is 3.30. The van der Waals surface area contributed by atoms with Crippen LogP contribution in [0.3, 0.4) is 0 Å². The number of aryl methyl sites for hydroxylation is 3. The Hall–Kier alpha value is -3.87. The number of ether oxygens (including phenoxy) is 1. The van der Waals surface area contributed by atoms with E-state index < -0.39 is 0 Å². The minimum atomic E-state index is -0.385. The first-order valence-corrected chi connectivity index (χ1v) is 10.0. The van der Waals surface area contributed by atoms with E-state index in [1.165, 1.54) is 5.56 Å². The number of aromatic nitrogens is 3. The number of benzene rings is 2. The van der Waals surface area contributed by atoms with Crippen molar-refractivity contribution in [1.29, 1.82) is 0 Å². The summed E-state index contributed by atoms with van der Waals surface area (Å²) in [5.41, 5.74) is 4.09. The fraction of sp³-hybridized carbons (Fsp3) is 0.208. The molecule has 31 heavy (non-hydrogen) atoms. The lowest BCUT2D eigenvalue weighted by atomic mass is 10.1. The third-order valence-corrected chi connectivity index (χ3v) is 4.96. The predicted molar refractivity (Wildman–Crippen MR) is 117 cm³/mol. The number of para-hydroxylation sites is 1. The van der Waals surface area contributed by atoms with Crippen LogP contribution in [-0.2, 0) is 13.2 Å². The van der Waals surface area contributed by atoms with Crippen LogP contribution in [0.25, 0.3) is 0 Å². The molecular weight excluding hydrogens is 392 g/mol. The Morgan fingerprint density at radius 1 is 1.06 bits per heavy atom. The van der Waals surface area contributed by atoms with E-state index in [0.29, 0.717) is 29.4 Å². The molecule has 0 aliphatic rings. The Bertz CT molecular complexity index is 1190.